The van der Waals surface area contributed by atoms with Gasteiger partial charge in [-0.15, -0.1) is 11.3 Å². The first-order valence-corrected chi connectivity index (χ1v) is 7.74. The van der Waals surface area contributed by atoms with E-state index in [0.29, 0.717) is 18.6 Å². The second kappa shape index (κ2) is 5.68. The molecule has 1 aromatic rings. The van der Waals surface area contributed by atoms with E-state index >= 15 is 0 Å². The van der Waals surface area contributed by atoms with Gasteiger partial charge < -0.3 is 10.1 Å². The maximum absolute atomic E-state index is 5.66. The maximum Gasteiger partial charge on any atom is 0.115 e. The highest BCUT2D eigenvalue weighted by atomic mass is 32.1. The Labute approximate surface area is 114 Å². The minimum absolute atomic E-state index is 0.130. The van der Waals surface area contributed by atoms with Crippen molar-refractivity contribution < 1.29 is 4.74 Å². The minimum atomic E-state index is -0.130. The third-order valence-electron chi connectivity index (χ3n) is 3.28. The lowest BCUT2D eigenvalue weighted by atomic mass is 10.0. The van der Waals surface area contributed by atoms with Gasteiger partial charge in [-0.25, -0.2) is 4.98 Å². The molecule has 4 heteroatoms. The topological polar surface area (TPSA) is 34.1 Å². The molecule has 18 heavy (non-hydrogen) atoms. The lowest BCUT2D eigenvalue weighted by molar-refractivity contribution is 0.0819. The first-order valence-electron chi connectivity index (χ1n) is 6.86. The van der Waals surface area contributed by atoms with E-state index in [2.05, 4.69) is 31.5 Å². The van der Waals surface area contributed by atoms with Gasteiger partial charge in [0.1, 0.15) is 5.01 Å². The molecule has 1 fully saturated rings. The molecule has 1 saturated carbocycles. The highest BCUT2D eigenvalue weighted by molar-refractivity contribution is 7.09. The Morgan fingerprint density at radius 1 is 1.56 bits per heavy atom. The van der Waals surface area contributed by atoms with Gasteiger partial charge in [0.05, 0.1) is 17.8 Å². The predicted molar refractivity (Wildman–Crippen MR) is 76.2 cm³/mol. The number of ether oxygens (including phenoxy) is 1. The number of nitrogens with one attached hydrogen (secondary N) is 1. The summed E-state index contributed by atoms with van der Waals surface area (Å²) >= 11 is 1.75. The quantitative estimate of drug-likeness (QED) is 0.824. The molecule has 102 valence electrons. The Morgan fingerprint density at radius 2 is 2.28 bits per heavy atom. The standard InChI is InChI=1S/C14H24N2OS/c1-5-17-9-14(4,16-11-6-7-11)13-15-12(8-18-13)10(2)3/h8,10-11,16H,5-7,9H2,1-4H3. The molecule has 0 spiro atoms. The van der Waals surface area contributed by atoms with Crippen LogP contribution in [0.1, 0.15) is 57.2 Å². The van der Waals surface area contributed by atoms with E-state index in [1.807, 2.05) is 6.92 Å². The van der Waals surface area contributed by atoms with Crippen molar-refractivity contribution in [3.8, 4) is 0 Å². The van der Waals surface area contributed by atoms with E-state index in [1.165, 1.54) is 18.5 Å². The summed E-state index contributed by atoms with van der Waals surface area (Å²) in [6.07, 6.45) is 2.56. The Bertz CT molecular complexity index is 387. The SMILES string of the molecule is CCOCC(C)(NC1CC1)c1nc(C(C)C)cs1. The van der Waals surface area contributed by atoms with Crippen LogP contribution >= 0.6 is 11.3 Å². The first kappa shape index (κ1) is 14.0. The summed E-state index contributed by atoms with van der Waals surface area (Å²) in [6, 6.07) is 0.654. The zero-order valence-electron chi connectivity index (χ0n) is 11.8. The van der Waals surface area contributed by atoms with Crippen LogP contribution in [0.4, 0.5) is 0 Å². The molecule has 0 amide bonds. The van der Waals surface area contributed by atoms with Gasteiger partial charge >= 0.3 is 0 Å². The Balaban J connectivity index is 2.14. The zero-order valence-corrected chi connectivity index (χ0v) is 12.6. The molecule has 1 atom stereocenters. The first-order chi connectivity index (χ1) is 8.55. The van der Waals surface area contributed by atoms with Crippen molar-refractivity contribution in [2.45, 2.75) is 58.0 Å². The number of hydrogen-bond donors (Lipinski definition) is 1. The van der Waals surface area contributed by atoms with Gasteiger partial charge in [-0.1, -0.05) is 13.8 Å². The molecular formula is C14H24N2OS. The summed E-state index contributed by atoms with van der Waals surface area (Å²) in [7, 11) is 0. The molecule has 3 nitrogen and oxygen atoms in total. The second-order valence-corrected chi connectivity index (χ2v) is 6.48. The highest BCUT2D eigenvalue weighted by Crippen LogP contribution is 2.31. The molecule has 0 radical (unpaired) electrons. The lowest BCUT2D eigenvalue weighted by Crippen LogP contribution is -2.45. The fourth-order valence-corrected chi connectivity index (χ4v) is 3.05. The molecule has 1 N–H and O–H groups in total. The van der Waals surface area contributed by atoms with Crippen molar-refractivity contribution in [2.24, 2.45) is 0 Å². The van der Waals surface area contributed by atoms with Gasteiger partial charge in [-0.3, -0.25) is 0 Å². The van der Waals surface area contributed by atoms with Gasteiger partial charge in [0, 0.05) is 18.0 Å². The van der Waals surface area contributed by atoms with Crippen LogP contribution < -0.4 is 5.32 Å². The highest BCUT2D eigenvalue weighted by Gasteiger charge is 2.36. The molecular weight excluding hydrogens is 244 g/mol. The molecule has 0 aliphatic heterocycles. The summed E-state index contributed by atoms with van der Waals surface area (Å²) in [6.45, 7) is 10.1. The average Bonchev–Trinajstić information content (AvgIpc) is 2.98. The van der Waals surface area contributed by atoms with Crippen molar-refractivity contribution in [3.05, 3.63) is 16.1 Å². The van der Waals surface area contributed by atoms with E-state index in [9.17, 15) is 0 Å². The molecule has 0 bridgehead atoms. The Kier molecular flexibility index (Phi) is 4.41. The summed E-state index contributed by atoms with van der Waals surface area (Å²) in [5, 5.41) is 7.03. The van der Waals surface area contributed by atoms with Gasteiger partial charge in [-0.2, -0.15) is 0 Å². The molecule has 2 rings (SSSR count). The molecule has 1 heterocycles. The fourth-order valence-electron chi connectivity index (χ4n) is 1.95. The third-order valence-corrected chi connectivity index (χ3v) is 4.40. The van der Waals surface area contributed by atoms with Crippen LogP contribution in [0.15, 0.2) is 5.38 Å². The molecule has 1 aromatic heterocycles. The van der Waals surface area contributed by atoms with Crippen LogP contribution in [0.3, 0.4) is 0 Å². The van der Waals surface area contributed by atoms with Crippen LogP contribution in [0, 0.1) is 0 Å². The monoisotopic (exact) mass is 268 g/mol. The normalized spacial score (nSPS) is 19.2. The average molecular weight is 268 g/mol. The largest absolute Gasteiger partial charge is 0.379 e. The Morgan fingerprint density at radius 3 is 2.78 bits per heavy atom. The minimum Gasteiger partial charge on any atom is -0.379 e. The lowest BCUT2D eigenvalue weighted by Gasteiger charge is -2.28. The number of rotatable bonds is 7. The molecule has 1 unspecified atom stereocenters. The van der Waals surface area contributed by atoms with Crippen molar-refractivity contribution in [3.63, 3.8) is 0 Å². The summed E-state index contributed by atoms with van der Waals surface area (Å²) in [5.74, 6) is 0.493. The molecule has 1 aliphatic rings. The van der Waals surface area contributed by atoms with Crippen LogP contribution in [-0.2, 0) is 10.3 Å². The fraction of sp³-hybridized carbons (Fsp3) is 0.786. The summed E-state index contributed by atoms with van der Waals surface area (Å²) in [4.78, 5) is 4.79. The Hall–Kier alpha value is -0.450. The van der Waals surface area contributed by atoms with Gasteiger partial charge in [0.15, 0.2) is 0 Å². The zero-order chi connectivity index (χ0) is 13.2. The van der Waals surface area contributed by atoms with Crippen molar-refractivity contribution in [1.82, 2.24) is 10.3 Å². The van der Waals surface area contributed by atoms with E-state index in [4.69, 9.17) is 9.72 Å². The van der Waals surface area contributed by atoms with E-state index in [0.717, 1.165) is 11.6 Å². The van der Waals surface area contributed by atoms with Crippen molar-refractivity contribution in [1.29, 1.82) is 0 Å². The smallest absolute Gasteiger partial charge is 0.115 e. The number of hydrogen-bond acceptors (Lipinski definition) is 4. The van der Waals surface area contributed by atoms with Gasteiger partial charge in [-0.05, 0) is 32.6 Å². The van der Waals surface area contributed by atoms with E-state index in [-0.39, 0.29) is 5.54 Å². The summed E-state index contributed by atoms with van der Waals surface area (Å²) in [5.41, 5.74) is 1.06. The van der Waals surface area contributed by atoms with Crippen molar-refractivity contribution >= 4 is 11.3 Å². The number of nitrogens with zero attached hydrogens (tertiary/aromatic N) is 1. The van der Waals surface area contributed by atoms with Crippen LogP contribution in [0.5, 0.6) is 0 Å². The van der Waals surface area contributed by atoms with Gasteiger partial charge in [0.25, 0.3) is 0 Å². The number of aromatic nitrogens is 1. The number of thiazole rings is 1. The van der Waals surface area contributed by atoms with E-state index in [1.54, 1.807) is 11.3 Å². The second-order valence-electron chi connectivity index (χ2n) is 5.62. The van der Waals surface area contributed by atoms with E-state index < -0.39 is 0 Å². The molecule has 0 saturated heterocycles. The molecule has 1 aliphatic carbocycles. The molecule has 0 aromatic carbocycles. The van der Waals surface area contributed by atoms with Crippen LogP contribution in [-0.4, -0.2) is 24.2 Å². The van der Waals surface area contributed by atoms with Crippen LogP contribution in [0.2, 0.25) is 0 Å². The van der Waals surface area contributed by atoms with Crippen molar-refractivity contribution in [2.75, 3.05) is 13.2 Å². The summed E-state index contributed by atoms with van der Waals surface area (Å²) < 4.78 is 5.66. The predicted octanol–water partition coefficient (Wildman–Crippen LogP) is 3.27. The third kappa shape index (κ3) is 3.31. The van der Waals surface area contributed by atoms with Gasteiger partial charge in [0.2, 0.25) is 0 Å². The van der Waals surface area contributed by atoms with Crippen LogP contribution in [0.25, 0.3) is 0 Å². The maximum atomic E-state index is 5.66.